The summed E-state index contributed by atoms with van der Waals surface area (Å²) in [6, 6.07) is 30.7. The van der Waals surface area contributed by atoms with Crippen molar-refractivity contribution in [3.05, 3.63) is 103 Å². The van der Waals surface area contributed by atoms with Gasteiger partial charge in [-0.1, -0.05) is 91.0 Å². The van der Waals surface area contributed by atoms with E-state index in [1.807, 2.05) is 54.6 Å². The zero-order chi connectivity index (χ0) is 18.2. The number of hydrogen-bond acceptors (Lipinski definition) is 3. The van der Waals surface area contributed by atoms with Crippen molar-refractivity contribution in [1.29, 1.82) is 0 Å². The number of rotatable bonds is 5. The largest absolute Gasteiger partial charge is 0.466 e. The molecule has 0 N–H and O–H groups in total. The number of methoxy groups -OCH3 is 1. The molecule has 0 saturated heterocycles. The molecule has 0 saturated carbocycles. The number of esters is 1. The molecule has 3 aromatic carbocycles. The standard InChI is InChI=1S/C22H20NO2P/c1-25-22(24)17-18-23-26(19-11-5-2-6-12-19,20-13-7-3-8-14-20)21-15-9-4-10-16-21/h2-18H,1H3/b18-17+. The highest BCUT2D eigenvalue weighted by molar-refractivity contribution is 7.87. The molecule has 0 atom stereocenters. The first-order chi connectivity index (χ1) is 12.8. The van der Waals surface area contributed by atoms with Crippen molar-refractivity contribution in [2.75, 3.05) is 7.11 Å². The molecule has 0 heterocycles. The van der Waals surface area contributed by atoms with Crippen LogP contribution < -0.4 is 15.9 Å². The van der Waals surface area contributed by atoms with Gasteiger partial charge in [0.25, 0.3) is 0 Å². The van der Waals surface area contributed by atoms with Crippen LogP contribution in [0.4, 0.5) is 0 Å². The van der Waals surface area contributed by atoms with E-state index in [-0.39, 0.29) is 0 Å². The molecule has 4 heteroatoms. The van der Waals surface area contributed by atoms with E-state index in [4.69, 9.17) is 9.48 Å². The first-order valence-corrected chi connectivity index (χ1v) is 10.0. The normalized spacial score (nSPS) is 11.3. The Morgan fingerprint density at radius 1 is 0.769 bits per heavy atom. The molecule has 3 rings (SSSR count). The van der Waals surface area contributed by atoms with Crippen LogP contribution in [0, 0.1) is 0 Å². The van der Waals surface area contributed by atoms with Crippen molar-refractivity contribution < 1.29 is 9.53 Å². The molecular formula is C22H20NO2P. The number of benzene rings is 3. The van der Waals surface area contributed by atoms with Gasteiger partial charge in [0.2, 0.25) is 0 Å². The van der Waals surface area contributed by atoms with E-state index in [9.17, 15) is 4.79 Å². The van der Waals surface area contributed by atoms with Crippen molar-refractivity contribution in [3.63, 3.8) is 0 Å². The molecule has 0 amide bonds. The third kappa shape index (κ3) is 3.68. The van der Waals surface area contributed by atoms with E-state index >= 15 is 0 Å². The molecule has 0 unspecified atom stereocenters. The van der Waals surface area contributed by atoms with Crippen molar-refractivity contribution >= 4 is 28.9 Å². The topological polar surface area (TPSA) is 38.7 Å². The predicted octanol–water partition coefficient (Wildman–Crippen LogP) is 3.85. The summed E-state index contributed by atoms with van der Waals surface area (Å²) in [6.07, 6.45) is 2.94. The number of carbonyl (C=O) groups excluding carboxylic acids is 1. The Labute approximate surface area is 154 Å². The summed E-state index contributed by atoms with van der Waals surface area (Å²) in [5.74, 6) is -0.416. The van der Waals surface area contributed by atoms with Gasteiger partial charge in [0, 0.05) is 28.2 Å². The molecule has 0 spiro atoms. The predicted molar refractivity (Wildman–Crippen MR) is 109 cm³/mol. The van der Waals surface area contributed by atoms with Gasteiger partial charge in [-0.2, -0.15) is 0 Å². The zero-order valence-electron chi connectivity index (χ0n) is 14.5. The van der Waals surface area contributed by atoms with Crippen LogP contribution in [-0.4, -0.2) is 13.1 Å². The molecule has 0 fully saturated rings. The van der Waals surface area contributed by atoms with E-state index in [1.165, 1.54) is 13.2 Å². The lowest BCUT2D eigenvalue weighted by atomic mass is 10.4. The number of carbonyl (C=O) groups is 1. The second-order valence-corrected chi connectivity index (χ2v) is 8.65. The Kier molecular flexibility index (Phi) is 5.83. The third-order valence-corrected chi connectivity index (χ3v) is 7.66. The fraction of sp³-hybridized carbons (Fsp3) is 0.0455. The van der Waals surface area contributed by atoms with Gasteiger partial charge in [0.05, 0.1) is 14.2 Å². The molecule has 130 valence electrons. The summed E-state index contributed by atoms with van der Waals surface area (Å²) < 4.78 is 9.69. The van der Waals surface area contributed by atoms with Crippen LogP contribution in [0.5, 0.6) is 0 Å². The Balaban J connectivity index is 2.34. The minimum atomic E-state index is -2.29. The summed E-state index contributed by atoms with van der Waals surface area (Å²) >= 11 is 0. The second-order valence-electron chi connectivity index (χ2n) is 5.60. The lowest BCUT2D eigenvalue weighted by Crippen LogP contribution is -2.25. The van der Waals surface area contributed by atoms with Crippen molar-refractivity contribution in [2.24, 2.45) is 4.74 Å². The van der Waals surface area contributed by atoms with Gasteiger partial charge in [0.15, 0.2) is 0 Å². The molecule has 0 bridgehead atoms. The van der Waals surface area contributed by atoms with Crippen molar-refractivity contribution in [3.8, 4) is 0 Å². The lowest BCUT2D eigenvalue weighted by molar-refractivity contribution is -0.134. The summed E-state index contributed by atoms with van der Waals surface area (Å²) in [5.41, 5.74) is 0. The number of ether oxygens (including phenoxy) is 1. The maximum atomic E-state index is 11.6. The summed E-state index contributed by atoms with van der Waals surface area (Å²) in [6.45, 7) is 0. The minimum Gasteiger partial charge on any atom is -0.466 e. The number of hydrogen-bond donors (Lipinski definition) is 0. The number of nitrogens with zero attached hydrogens (tertiary/aromatic N) is 1. The highest BCUT2D eigenvalue weighted by atomic mass is 31.2. The van der Waals surface area contributed by atoms with Gasteiger partial charge in [-0.25, -0.2) is 4.79 Å². The second kappa shape index (κ2) is 8.46. The van der Waals surface area contributed by atoms with Crippen molar-refractivity contribution in [1.82, 2.24) is 0 Å². The summed E-state index contributed by atoms with van der Waals surface area (Å²) in [4.78, 5) is 11.6. The first-order valence-electron chi connectivity index (χ1n) is 8.30. The van der Waals surface area contributed by atoms with E-state index in [0.717, 1.165) is 15.9 Å². The first kappa shape index (κ1) is 17.9. The molecule has 0 aromatic heterocycles. The highest BCUT2D eigenvalue weighted by Crippen LogP contribution is 2.46. The Morgan fingerprint density at radius 3 is 1.50 bits per heavy atom. The summed E-state index contributed by atoms with van der Waals surface area (Å²) in [7, 11) is -0.928. The van der Waals surface area contributed by atoms with Gasteiger partial charge in [-0.15, -0.1) is 0 Å². The molecule has 0 aliphatic carbocycles. The molecule has 0 radical (unpaired) electrons. The fourth-order valence-electron chi connectivity index (χ4n) is 2.84. The molecule has 26 heavy (non-hydrogen) atoms. The minimum absolute atomic E-state index is 0.416. The van der Waals surface area contributed by atoms with Gasteiger partial charge < -0.3 is 4.74 Å². The van der Waals surface area contributed by atoms with Crippen LogP contribution in [-0.2, 0) is 9.53 Å². The van der Waals surface area contributed by atoms with Crippen LogP contribution in [0.15, 0.2) is 108 Å². The Bertz CT molecular complexity index is 832. The van der Waals surface area contributed by atoms with Gasteiger partial charge in [-0.3, -0.25) is 4.74 Å². The monoisotopic (exact) mass is 361 g/mol. The Hall–Kier alpha value is -2.90. The van der Waals surface area contributed by atoms with E-state index in [0.29, 0.717) is 0 Å². The van der Waals surface area contributed by atoms with Crippen LogP contribution in [0.3, 0.4) is 0 Å². The van der Waals surface area contributed by atoms with Crippen LogP contribution in [0.25, 0.3) is 0 Å². The molecule has 3 aromatic rings. The average Bonchev–Trinajstić information content (AvgIpc) is 2.73. The summed E-state index contributed by atoms with van der Waals surface area (Å²) in [5, 5.41) is 3.39. The van der Waals surface area contributed by atoms with E-state index in [2.05, 4.69) is 36.4 Å². The van der Waals surface area contributed by atoms with E-state index < -0.39 is 13.0 Å². The zero-order valence-corrected chi connectivity index (χ0v) is 15.4. The highest BCUT2D eigenvalue weighted by Gasteiger charge is 2.26. The van der Waals surface area contributed by atoms with Gasteiger partial charge in [-0.05, 0) is 0 Å². The molecule has 0 aliphatic heterocycles. The van der Waals surface area contributed by atoms with Crippen molar-refractivity contribution in [2.45, 2.75) is 0 Å². The Morgan fingerprint density at radius 2 is 1.15 bits per heavy atom. The van der Waals surface area contributed by atoms with Crippen LogP contribution >= 0.6 is 7.05 Å². The van der Waals surface area contributed by atoms with Gasteiger partial charge in [0.1, 0.15) is 0 Å². The van der Waals surface area contributed by atoms with Crippen LogP contribution in [0.1, 0.15) is 0 Å². The third-order valence-electron chi connectivity index (χ3n) is 4.04. The smallest absolute Gasteiger partial charge is 0.332 e. The molecular weight excluding hydrogens is 341 g/mol. The molecule has 3 nitrogen and oxygen atoms in total. The average molecular weight is 361 g/mol. The van der Waals surface area contributed by atoms with Gasteiger partial charge >= 0.3 is 5.97 Å². The maximum Gasteiger partial charge on any atom is 0.332 e. The molecule has 0 aliphatic rings. The SMILES string of the molecule is COC(=O)/C=C/N=P(c1ccccc1)(c1ccccc1)c1ccccc1. The lowest BCUT2D eigenvalue weighted by Gasteiger charge is -2.26. The van der Waals surface area contributed by atoms with E-state index in [1.54, 1.807) is 6.20 Å². The maximum absolute atomic E-state index is 11.6. The van der Waals surface area contributed by atoms with Crippen LogP contribution in [0.2, 0.25) is 0 Å². The quantitative estimate of drug-likeness (QED) is 0.393. The fourth-order valence-corrected chi connectivity index (χ4v) is 6.21.